The molecule has 0 aliphatic carbocycles. The summed E-state index contributed by atoms with van der Waals surface area (Å²) in [6.07, 6.45) is 6.35. The second-order valence-electron chi connectivity index (χ2n) is 4.74. The largest absolute Gasteiger partial charge is 0.398 e. The molecule has 0 aliphatic heterocycles. The van der Waals surface area contributed by atoms with Gasteiger partial charge in [0.1, 0.15) is 5.65 Å². The molecule has 18 heavy (non-hydrogen) atoms. The Hall–Kier alpha value is -1.55. The topological polar surface area (TPSA) is 46.6 Å². The fourth-order valence-electron chi connectivity index (χ4n) is 2.27. The number of fused-ring (bicyclic) bond motifs is 1. The van der Waals surface area contributed by atoms with Gasteiger partial charge in [0, 0.05) is 24.6 Å². The van der Waals surface area contributed by atoms with Crippen LogP contribution in [0.25, 0.3) is 5.65 Å². The fraction of sp³-hybridized carbons (Fsp3) is 0.500. The zero-order valence-electron chi connectivity index (χ0n) is 11.3. The highest BCUT2D eigenvalue weighted by Crippen LogP contribution is 2.11. The summed E-state index contributed by atoms with van der Waals surface area (Å²) < 4.78 is 2.00. The number of hydrogen-bond donors (Lipinski definition) is 1. The van der Waals surface area contributed by atoms with E-state index in [-0.39, 0.29) is 0 Å². The van der Waals surface area contributed by atoms with E-state index in [2.05, 4.69) is 29.9 Å². The number of anilines is 1. The van der Waals surface area contributed by atoms with E-state index < -0.39 is 0 Å². The Labute approximate surface area is 108 Å². The zero-order valence-corrected chi connectivity index (χ0v) is 11.3. The van der Waals surface area contributed by atoms with Crippen molar-refractivity contribution in [2.45, 2.75) is 33.2 Å². The molecule has 0 aliphatic rings. The molecular formula is C14H22N4. The van der Waals surface area contributed by atoms with Crippen LogP contribution in [0, 0.1) is 0 Å². The summed E-state index contributed by atoms with van der Waals surface area (Å²) >= 11 is 0. The van der Waals surface area contributed by atoms with E-state index in [1.807, 2.05) is 22.7 Å². The van der Waals surface area contributed by atoms with Gasteiger partial charge in [-0.25, -0.2) is 4.98 Å². The number of nitrogens with two attached hydrogens (primary N) is 1. The minimum atomic E-state index is 0.769. The van der Waals surface area contributed by atoms with Crippen molar-refractivity contribution >= 4 is 11.3 Å². The van der Waals surface area contributed by atoms with Crippen LogP contribution < -0.4 is 5.73 Å². The van der Waals surface area contributed by atoms with Gasteiger partial charge in [0.25, 0.3) is 0 Å². The Morgan fingerprint density at radius 3 is 2.56 bits per heavy atom. The first-order chi connectivity index (χ1) is 8.72. The lowest BCUT2D eigenvalue weighted by molar-refractivity contribution is 0.264. The monoisotopic (exact) mass is 246 g/mol. The lowest BCUT2D eigenvalue weighted by atomic mass is 10.3. The van der Waals surface area contributed by atoms with Crippen molar-refractivity contribution in [2.24, 2.45) is 0 Å². The summed E-state index contributed by atoms with van der Waals surface area (Å²) in [4.78, 5) is 7.07. The van der Waals surface area contributed by atoms with E-state index in [0.29, 0.717) is 0 Å². The van der Waals surface area contributed by atoms with Crippen LogP contribution in [0.5, 0.6) is 0 Å². The molecule has 2 N–H and O–H groups in total. The molecule has 2 aromatic heterocycles. The van der Waals surface area contributed by atoms with Crippen LogP contribution in [0.3, 0.4) is 0 Å². The first-order valence-corrected chi connectivity index (χ1v) is 6.68. The molecule has 0 unspecified atom stereocenters. The molecule has 0 saturated carbocycles. The standard InChI is InChI=1S/C14H22N4/c1-3-7-17(8-4-2)10-13-11-18-9-12(15)5-6-14(18)16-13/h5-6,9,11H,3-4,7-8,10,15H2,1-2H3. The Balaban J connectivity index is 2.14. The predicted molar refractivity (Wildman–Crippen MR) is 75.5 cm³/mol. The fourth-order valence-corrected chi connectivity index (χ4v) is 2.27. The first kappa shape index (κ1) is 12.9. The number of imidazole rings is 1. The van der Waals surface area contributed by atoms with Gasteiger partial charge in [0.2, 0.25) is 0 Å². The smallest absolute Gasteiger partial charge is 0.137 e. The molecule has 2 aromatic rings. The van der Waals surface area contributed by atoms with Crippen molar-refractivity contribution in [3.05, 3.63) is 30.2 Å². The molecule has 0 fully saturated rings. The van der Waals surface area contributed by atoms with E-state index in [0.717, 1.165) is 36.7 Å². The van der Waals surface area contributed by atoms with Gasteiger partial charge >= 0.3 is 0 Å². The van der Waals surface area contributed by atoms with Gasteiger partial charge in [-0.3, -0.25) is 4.90 Å². The average molecular weight is 246 g/mol. The number of hydrogen-bond acceptors (Lipinski definition) is 3. The highest BCUT2D eigenvalue weighted by molar-refractivity contribution is 5.48. The summed E-state index contributed by atoms with van der Waals surface area (Å²) in [7, 11) is 0. The molecule has 0 amide bonds. The maximum absolute atomic E-state index is 5.77. The second-order valence-corrected chi connectivity index (χ2v) is 4.74. The average Bonchev–Trinajstić information content (AvgIpc) is 2.71. The molecule has 0 atom stereocenters. The Bertz CT molecular complexity index is 497. The summed E-state index contributed by atoms with van der Waals surface area (Å²) in [5.74, 6) is 0. The molecular weight excluding hydrogens is 224 g/mol. The minimum absolute atomic E-state index is 0.769. The number of aromatic nitrogens is 2. The van der Waals surface area contributed by atoms with Crippen molar-refractivity contribution < 1.29 is 0 Å². The molecule has 0 aromatic carbocycles. The van der Waals surface area contributed by atoms with Crippen LogP contribution in [-0.4, -0.2) is 27.4 Å². The molecule has 0 bridgehead atoms. The van der Waals surface area contributed by atoms with Crippen molar-refractivity contribution in [3.63, 3.8) is 0 Å². The highest BCUT2D eigenvalue weighted by atomic mass is 15.1. The van der Waals surface area contributed by atoms with Crippen LogP contribution >= 0.6 is 0 Å². The van der Waals surface area contributed by atoms with Gasteiger partial charge in [-0.15, -0.1) is 0 Å². The summed E-state index contributed by atoms with van der Waals surface area (Å²) in [6, 6.07) is 3.85. The molecule has 4 heteroatoms. The Morgan fingerprint density at radius 1 is 1.17 bits per heavy atom. The molecule has 2 heterocycles. The van der Waals surface area contributed by atoms with E-state index in [1.54, 1.807) is 0 Å². The van der Waals surface area contributed by atoms with Crippen molar-refractivity contribution in [1.29, 1.82) is 0 Å². The maximum atomic E-state index is 5.77. The normalized spacial score (nSPS) is 11.5. The summed E-state index contributed by atoms with van der Waals surface area (Å²) in [6.45, 7) is 7.61. The molecule has 4 nitrogen and oxygen atoms in total. The third kappa shape index (κ3) is 3.01. The van der Waals surface area contributed by atoms with Gasteiger partial charge in [-0.1, -0.05) is 13.8 Å². The predicted octanol–water partition coefficient (Wildman–Crippen LogP) is 2.54. The third-order valence-corrected chi connectivity index (χ3v) is 2.99. The minimum Gasteiger partial charge on any atom is -0.398 e. The maximum Gasteiger partial charge on any atom is 0.137 e. The van der Waals surface area contributed by atoms with Crippen molar-refractivity contribution in [3.8, 4) is 0 Å². The van der Waals surface area contributed by atoms with Gasteiger partial charge < -0.3 is 10.1 Å². The zero-order chi connectivity index (χ0) is 13.0. The van der Waals surface area contributed by atoms with Crippen LogP contribution in [0.2, 0.25) is 0 Å². The van der Waals surface area contributed by atoms with E-state index >= 15 is 0 Å². The first-order valence-electron chi connectivity index (χ1n) is 6.68. The van der Waals surface area contributed by atoms with Crippen LogP contribution in [-0.2, 0) is 6.54 Å². The van der Waals surface area contributed by atoms with E-state index in [9.17, 15) is 0 Å². The van der Waals surface area contributed by atoms with Gasteiger partial charge in [-0.05, 0) is 38.1 Å². The Kier molecular flexibility index (Phi) is 4.20. The number of nitrogens with zero attached hydrogens (tertiary/aromatic N) is 3. The molecule has 0 spiro atoms. The van der Waals surface area contributed by atoms with Gasteiger partial charge in [0.05, 0.1) is 5.69 Å². The molecule has 2 rings (SSSR count). The van der Waals surface area contributed by atoms with Crippen molar-refractivity contribution in [1.82, 2.24) is 14.3 Å². The van der Waals surface area contributed by atoms with Crippen LogP contribution in [0.4, 0.5) is 5.69 Å². The summed E-state index contributed by atoms with van der Waals surface area (Å²) in [5, 5.41) is 0. The van der Waals surface area contributed by atoms with E-state index in [4.69, 9.17) is 5.73 Å². The number of nitrogen functional groups attached to an aromatic ring is 1. The molecule has 0 radical (unpaired) electrons. The molecule has 0 saturated heterocycles. The number of pyridine rings is 1. The van der Waals surface area contributed by atoms with Gasteiger partial charge in [0.15, 0.2) is 0 Å². The molecule has 98 valence electrons. The quantitative estimate of drug-likeness (QED) is 0.852. The SMILES string of the molecule is CCCN(CCC)Cc1cn2cc(N)ccc2n1. The second kappa shape index (κ2) is 5.87. The highest BCUT2D eigenvalue weighted by Gasteiger charge is 2.07. The van der Waals surface area contributed by atoms with Gasteiger partial charge in [-0.2, -0.15) is 0 Å². The lowest BCUT2D eigenvalue weighted by Crippen LogP contribution is -2.25. The lowest BCUT2D eigenvalue weighted by Gasteiger charge is -2.19. The summed E-state index contributed by atoms with van der Waals surface area (Å²) in [5.41, 5.74) is 8.62. The van der Waals surface area contributed by atoms with Crippen LogP contribution in [0.1, 0.15) is 32.4 Å². The third-order valence-electron chi connectivity index (χ3n) is 2.99. The van der Waals surface area contributed by atoms with Crippen molar-refractivity contribution in [2.75, 3.05) is 18.8 Å². The number of rotatable bonds is 6. The van der Waals surface area contributed by atoms with E-state index in [1.165, 1.54) is 12.8 Å². The Morgan fingerprint density at radius 2 is 1.89 bits per heavy atom. The van der Waals surface area contributed by atoms with Crippen LogP contribution in [0.15, 0.2) is 24.5 Å².